The first-order valence-electron chi connectivity index (χ1n) is 7.17. The van der Waals surface area contributed by atoms with E-state index in [2.05, 4.69) is 27.5 Å². The van der Waals surface area contributed by atoms with Crippen LogP contribution in [0.25, 0.3) is 11.0 Å². The van der Waals surface area contributed by atoms with Crippen molar-refractivity contribution in [3.8, 4) is 0 Å². The molecular weight excluding hydrogens is 288 g/mol. The molecule has 21 heavy (non-hydrogen) atoms. The molecule has 1 aromatic heterocycles. The highest BCUT2D eigenvalue weighted by molar-refractivity contribution is 5.85. The first-order chi connectivity index (χ1) is 9.72. The highest BCUT2D eigenvalue weighted by Crippen LogP contribution is 2.16. The molecule has 1 aliphatic heterocycles. The minimum absolute atomic E-state index is 0. The van der Waals surface area contributed by atoms with E-state index in [1.54, 1.807) is 0 Å². The molecule has 3 N–H and O–H groups in total. The van der Waals surface area contributed by atoms with Crippen LogP contribution in [0.4, 0.5) is 0 Å². The summed E-state index contributed by atoms with van der Waals surface area (Å²) in [6.07, 6.45) is 1.82. The van der Waals surface area contributed by atoms with E-state index in [4.69, 9.17) is 0 Å². The number of hydrogen-bond acceptors (Lipinski definition) is 3. The van der Waals surface area contributed by atoms with Crippen LogP contribution >= 0.6 is 12.4 Å². The van der Waals surface area contributed by atoms with Gasteiger partial charge in [-0.25, -0.2) is 4.98 Å². The molecule has 6 heteroatoms. The van der Waals surface area contributed by atoms with Crippen molar-refractivity contribution in [3.63, 3.8) is 0 Å². The summed E-state index contributed by atoms with van der Waals surface area (Å²) in [6.45, 7) is 3.51. The molecule has 2 atom stereocenters. The number of aromatic nitrogens is 2. The van der Waals surface area contributed by atoms with Crippen LogP contribution < -0.4 is 10.6 Å². The summed E-state index contributed by atoms with van der Waals surface area (Å²) in [4.78, 5) is 19.8. The Morgan fingerprint density at radius 1 is 1.43 bits per heavy atom. The molecule has 1 saturated heterocycles. The average Bonchev–Trinajstić information content (AvgIpc) is 2.87. The van der Waals surface area contributed by atoms with E-state index in [0.29, 0.717) is 12.6 Å². The van der Waals surface area contributed by atoms with E-state index in [-0.39, 0.29) is 24.2 Å². The number of piperidine rings is 1. The highest BCUT2D eigenvalue weighted by Gasteiger charge is 2.24. The zero-order valence-corrected chi connectivity index (χ0v) is 12.9. The maximum absolute atomic E-state index is 12.2. The van der Waals surface area contributed by atoms with Gasteiger partial charge in [-0.2, -0.15) is 0 Å². The Hall–Kier alpha value is -1.59. The Morgan fingerprint density at radius 3 is 3.00 bits per heavy atom. The van der Waals surface area contributed by atoms with Gasteiger partial charge in [-0.05, 0) is 38.4 Å². The van der Waals surface area contributed by atoms with Gasteiger partial charge in [0.1, 0.15) is 5.82 Å². The van der Waals surface area contributed by atoms with E-state index in [0.717, 1.165) is 36.2 Å². The van der Waals surface area contributed by atoms with Crippen LogP contribution in [0.5, 0.6) is 0 Å². The third-order valence-electron chi connectivity index (χ3n) is 3.86. The Labute approximate surface area is 130 Å². The second-order valence-corrected chi connectivity index (χ2v) is 5.49. The molecule has 5 nitrogen and oxygen atoms in total. The molecule has 3 rings (SSSR count). The number of benzene rings is 1. The Kier molecular flexibility index (Phi) is 5.20. The first-order valence-corrected chi connectivity index (χ1v) is 7.17. The Balaban J connectivity index is 0.00000161. The summed E-state index contributed by atoms with van der Waals surface area (Å²) in [5.74, 6) is 1.07. The summed E-state index contributed by atoms with van der Waals surface area (Å²) in [5, 5.41) is 6.35. The normalized spacial score (nSPS) is 21.8. The van der Waals surface area contributed by atoms with Crippen LogP contribution in [0.3, 0.4) is 0 Å². The quantitative estimate of drug-likeness (QED) is 0.812. The molecule has 0 unspecified atom stereocenters. The maximum Gasteiger partial charge on any atom is 0.223 e. The minimum Gasteiger partial charge on any atom is -0.349 e. The molecule has 0 radical (unpaired) electrons. The van der Waals surface area contributed by atoms with Gasteiger partial charge >= 0.3 is 0 Å². The van der Waals surface area contributed by atoms with Crippen molar-refractivity contribution < 1.29 is 4.79 Å². The third-order valence-corrected chi connectivity index (χ3v) is 3.86. The van der Waals surface area contributed by atoms with Gasteiger partial charge in [-0.15, -0.1) is 12.4 Å². The fourth-order valence-corrected chi connectivity index (χ4v) is 2.77. The van der Waals surface area contributed by atoms with Gasteiger partial charge in [0, 0.05) is 12.0 Å². The molecule has 0 saturated carbocycles. The lowest BCUT2D eigenvalue weighted by atomic mass is 9.92. The number of nitrogens with one attached hydrogen (secondary N) is 3. The van der Waals surface area contributed by atoms with Gasteiger partial charge in [-0.3, -0.25) is 4.79 Å². The van der Waals surface area contributed by atoms with Crippen LogP contribution in [-0.2, 0) is 11.3 Å². The number of para-hydroxylation sites is 2. The fourth-order valence-electron chi connectivity index (χ4n) is 2.77. The minimum atomic E-state index is 0. The summed E-state index contributed by atoms with van der Waals surface area (Å²) in [5.41, 5.74) is 1.94. The van der Waals surface area contributed by atoms with E-state index in [9.17, 15) is 4.79 Å². The fraction of sp³-hybridized carbons (Fsp3) is 0.467. The maximum atomic E-state index is 12.2. The second kappa shape index (κ2) is 6.91. The Bertz CT molecular complexity index is 579. The summed E-state index contributed by atoms with van der Waals surface area (Å²) in [7, 11) is 0. The molecule has 1 aliphatic rings. The summed E-state index contributed by atoms with van der Waals surface area (Å²) >= 11 is 0. The number of aromatic amines is 1. The predicted molar refractivity (Wildman–Crippen MR) is 85.4 cm³/mol. The lowest BCUT2D eigenvalue weighted by Crippen LogP contribution is -2.42. The van der Waals surface area contributed by atoms with Crippen molar-refractivity contribution in [1.82, 2.24) is 20.6 Å². The molecule has 2 aromatic rings. The van der Waals surface area contributed by atoms with Gasteiger partial charge < -0.3 is 15.6 Å². The summed E-state index contributed by atoms with van der Waals surface area (Å²) in [6, 6.07) is 8.31. The van der Waals surface area contributed by atoms with Crippen molar-refractivity contribution in [1.29, 1.82) is 0 Å². The topological polar surface area (TPSA) is 69.8 Å². The van der Waals surface area contributed by atoms with Gasteiger partial charge in [0.25, 0.3) is 0 Å². The zero-order chi connectivity index (χ0) is 13.9. The lowest BCUT2D eigenvalue weighted by Gasteiger charge is -2.26. The van der Waals surface area contributed by atoms with Crippen LogP contribution in [0.15, 0.2) is 24.3 Å². The number of hydrogen-bond donors (Lipinski definition) is 3. The van der Waals surface area contributed by atoms with Gasteiger partial charge in [0.05, 0.1) is 17.6 Å². The highest BCUT2D eigenvalue weighted by atomic mass is 35.5. The lowest BCUT2D eigenvalue weighted by molar-refractivity contribution is -0.126. The zero-order valence-electron chi connectivity index (χ0n) is 12.1. The smallest absolute Gasteiger partial charge is 0.223 e. The second-order valence-electron chi connectivity index (χ2n) is 5.49. The molecule has 1 aromatic carbocycles. The molecule has 0 bridgehead atoms. The summed E-state index contributed by atoms with van der Waals surface area (Å²) < 4.78 is 0. The van der Waals surface area contributed by atoms with Crippen molar-refractivity contribution in [3.05, 3.63) is 30.1 Å². The van der Waals surface area contributed by atoms with Crippen LogP contribution in [-0.4, -0.2) is 28.5 Å². The van der Waals surface area contributed by atoms with E-state index < -0.39 is 0 Å². The molecule has 114 valence electrons. The predicted octanol–water partition coefficient (Wildman–Crippen LogP) is 1.99. The number of halogens is 1. The van der Waals surface area contributed by atoms with Crippen LogP contribution in [0, 0.1) is 5.92 Å². The number of carbonyl (C=O) groups excluding carboxylic acids is 1. The van der Waals surface area contributed by atoms with Gasteiger partial charge in [0.2, 0.25) is 5.91 Å². The number of H-pyrrole nitrogens is 1. The number of rotatable bonds is 3. The molecule has 1 amide bonds. The standard InChI is InChI=1S/C15H20N4O.ClH/c1-10-8-11(6-7-16-10)15(20)17-9-14-18-12-4-2-3-5-13(12)19-14;/h2-5,10-11,16H,6-9H2,1H3,(H,17,20)(H,18,19);1H/t10-,11-;/m0./s1. The van der Waals surface area contributed by atoms with Crippen molar-refractivity contribution in [2.75, 3.05) is 6.54 Å². The number of fused-ring (bicyclic) bond motifs is 1. The number of amides is 1. The number of nitrogens with zero attached hydrogens (tertiary/aromatic N) is 1. The largest absolute Gasteiger partial charge is 0.349 e. The average molecular weight is 309 g/mol. The molecule has 2 heterocycles. The SMILES string of the molecule is C[C@H]1C[C@@H](C(=O)NCc2nc3ccccc3[nH]2)CCN1.Cl. The molecule has 0 spiro atoms. The first kappa shape index (κ1) is 15.8. The van der Waals surface area contributed by atoms with E-state index >= 15 is 0 Å². The van der Waals surface area contributed by atoms with Crippen molar-refractivity contribution in [2.24, 2.45) is 5.92 Å². The number of imidazole rings is 1. The monoisotopic (exact) mass is 308 g/mol. The van der Waals surface area contributed by atoms with Gasteiger partial charge in [-0.1, -0.05) is 12.1 Å². The Morgan fingerprint density at radius 2 is 2.24 bits per heavy atom. The molecule has 1 fully saturated rings. The van der Waals surface area contributed by atoms with Crippen LogP contribution in [0.2, 0.25) is 0 Å². The molecular formula is C15H21ClN4O. The van der Waals surface area contributed by atoms with Crippen LogP contribution in [0.1, 0.15) is 25.6 Å². The van der Waals surface area contributed by atoms with Crippen molar-refractivity contribution >= 4 is 29.3 Å². The third kappa shape index (κ3) is 3.74. The molecule has 0 aliphatic carbocycles. The van der Waals surface area contributed by atoms with Gasteiger partial charge in [0.15, 0.2) is 0 Å². The van der Waals surface area contributed by atoms with E-state index in [1.165, 1.54) is 0 Å². The number of carbonyl (C=O) groups is 1. The van der Waals surface area contributed by atoms with Crippen molar-refractivity contribution in [2.45, 2.75) is 32.4 Å². The van der Waals surface area contributed by atoms with E-state index in [1.807, 2.05) is 24.3 Å².